The van der Waals surface area contributed by atoms with Gasteiger partial charge in [-0.1, -0.05) is 6.08 Å². The van der Waals surface area contributed by atoms with Crippen LogP contribution in [0, 0.1) is 0 Å². The number of hydrogen-bond donors (Lipinski definition) is 1. The van der Waals surface area contributed by atoms with Gasteiger partial charge in [-0.05, 0) is 64.3 Å². The molecule has 0 saturated carbocycles. The molecule has 0 saturated heterocycles. The Morgan fingerprint density at radius 3 is 2.56 bits per heavy atom. The summed E-state index contributed by atoms with van der Waals surface area (Å²) in [7, 11) is 3.10. The summed E-state index contributed by atoms with van der Waals surface area (Å²) in [6, 6.07) is 8.48. The molecule has 2 aromatic rings. The number of carbonyl (C=O) groups is 1. The van der Waals surface area contributed by atoms with Crippen molar-refractivity contribution in [1.82, 2.24) is 0 Å². The monoisotopic (exact) mass is 402 g/mol. The molecule has 0 aliphatic rings. The van der Waals surface area contributed by atoms with Gasteiger partial charge in [0.2, 0.25) is 0 Å². The zero-order chi connectivity index (χ0) is 18.4. The minimum Gasteiger partial charge on any atom is -0.507 e. The molecule has 25 heavy (non-hydrogen) atoms. The highest BCUT2D eigenvalue weighted by molar-refractivity contribution is 9.10. The molecule has 0 atom stereocenters. The van der Waals surface area contributed by atoms with E-state index in [1.54, 1.807) is 43.5 Å². The van der Waals surface area contributed by atoms with Crippen LogP contribution in [0.25, 0.3) is 6.08 Å². The van der Waals surface area contributed by atoms with E-state index in [0.29, 0.717) is 27.8 Å². The lowest BCUT2D eigenvalue weighted by Crippen LogP contribution is -1.98. The SMILES string of the molecule is C=CCc1cc(C(=O)/C=C/c2cc(Br)c(O)cc2OC)ccc1OC. The van der Waals surface area contributed by atoms with Crippen molar-refractivity contribution in [2.45, 2.75) is 6.42 Å². The largest absolute Gasteiger partial charge is 0.507 e. The van der Waals surface area contributed by atoms with Crippen LogP contribution in [0.5, 0.6) is 17.2 Å². The fourth-order valence-corrected chi connectivity index (χ4v) is 2.73. The first-order valence-electron chi connectivity index (χ1n) is 7.56. The molecule has 0 heterocycles. The van der Waals surface area contributed by atoms with E-state index in [1.165, 1.54) is 19.3 Å². The summed E-state index contributed by atoms with van der Waals surface area (Å²) in [5, 5.41) is 9.70. The van der Waals surface area contributed by atoms with Gasteiger partial charge < -0.3 is 14.6 Å². The number of rotatable bonds is 7. The molecule has 0 bridgehead atoms. The first-order chi connectivity index (χ1) is 12.0. The zero-order valence-corrected chi connectivity index (χ0v) is 15.7. The van der Waals surface area contributed by atoms with E-state index in [2.05, 4.69) is 22.5 Å². The van der Waals surface area contributed by atoms with Crippen molar-refractivity contribution in [2.75, 3.05) is 14.2 Å². The maximum atomic E-state index is 12.5. The Labute approximate surface area is 155 Å². The van der Waals surface area contributed by atoms with Gasteiger partial charge in [-0.15, -0.1) is 6.58 Å². The topological polar surface area (TPSA) is 55.8 Å². The number of phenols is 1. The second kappa shape index (κ2) is 8.53. The van der Waals surface area contributed by atoms with E-state index in [9.17, 15) is 9.90 Å². The standard InChI is InChI=1S/C20H19BrO4/c1-4-5-14-10-13(7-9-19(14)24-2)17(22)8-6-15-11-16(21)18(23)12-20(15)25-3/h4,6-12,23H,1,5H2,2-3H3/b8-6+. The highest BCUT2D eigenvalue weighted by Crippen LogP contribution is 2.32. The van der Waals surface area contributed by atoms with Gasteiger partial charge in [0.15, 0.2) is 5.78 Å². The second-order valence-corrected chi connectivity index (χ2v) is 6.12. The second-order valence-electron chi connectivity index (χ2n) is 5.26. The first kappa shape index (κ1) is 18.8. The van der Waals surface area contributed by atoms with Gasteiger partial charge in [-0.2, -0.15) is 0 Å². The third-order valence-electron chi connectivity index (χ3n) is 3.64. The normalized spacial score (nSPS) is 10.7. The number of ketones is 1. The van der Waals surface area contributed by atoms with E-state index in [-0.39, 0.29) is 11.5 Å². The lowest BCUT2D eigenvalue weighted by Gasteiger charge is -2.08. The summed E-state index contributed by atoms with van der Waals surface area (Å²) in [6.07, 6.45) is 5.51. The molecule has 5 heteroatoms. The van der Waals surface area contributed by atoms with Crippen molar-refractivity contribution in [1.29, 1.82) is 0 Å². The minimum atomic E-state index is -0.140. The van der Waals surface area contributed by atoms with Crippen LogP contribution in [0.1, 0.15) is 21.5 Å². The number of hydrogen-bond acceptors (Lipinski definition) is 4. The molecule has 0 aliphatic heterocycles. The molecule has 0 radical (unpaired) electrons. The highest BCUT2D eigenvalue weighted by atomic mass is 79.9. The van der Waals surface area contributed by atoms with Gasteiger partial charge in [0, 0.05) is 17.2 Å². The Morgan fingerprint density at radius 2 is 1.92 bits per heavy atom. The van der Waals surface area contributed by atoms with Gasteiger partial charge in [-0.25, -0.2) is 0 Å². The number of phenolic OH excluding ortho intramolecular Hbond substituents is 1. The third kappa shape index (κ3) is 4.51. The summed E-state index contributed by atoms with van der Waals surface area (Å²) in [5.41, 5.74) is 2.15. The molecule has 0 spiro atoms. The van der Waals surface area contributed by atoms with Gasteiger partial charge in [-0.3, -0.25) is 4.79 Å². The predicted molar refractivity (Wildman–Crippen MR) is 103 cm³/mol. The summed E-state index contributed by atoms with van der Waals surface area (Å²) in [5.74, 6) is 1.14. The summed E-state index contributed by atoms with van der Waals surface area (Å²) >= 11 is 3.26. The first-order valence-corrected chi connectivity index (χ1v) is 8.36. The summed E-state index contributed by atoms with van der Waals surface area (Å²) < 4.78 is 11.0. The van der Waals surface area contributed by atoms with E-state index in [1.807, 2.05) is 0 Å². The Hall–Kier alpha value is -2.53. The maximum Gasteiger partial charge on any atom is 0.185 e. The Kier molecular flexibility index (Phi) is 6.42. The van der Waals surface area contributed by atoms with Crippen LogP contribution >= 0.6 is 15.9 Å². The molecule has 4 nitrogen and oxygen atoms in total. The Bertz CT molecular complexity index is 825. The smallest absolute Gasteiger partial charge is 0.185 e. The fraction of sp³-hybridized carbons (Fsp3) is 0.150. The van der Waals surface area contributed by atoms with Crippen molar-refractivity contribution in [3.05, 3.63) is 70.2 Å². The number of benzene rings is 2. The van der Waals surface area contributed by atoms with Gasteiger partial charge >= 0.3 is 0 Å². The molecular weight excluding hydrogens is 384 g/mol. The molecule has 0 amide bonds. The highest BCUT2D eigenvalue weighted by Gasteiger charge is 2.09. The number of aromatic hydroxyl groups is 1. The van der Waals surface area contributed by atoms with E-state index in [4.69, 9.17) is 9.47 Å². The van der Waals surface area contributed by atoms with Crippen LogP contribution in [0.15, 0.2) is 53.5 Å². The van der Waals surface area contributed by atoms with Gasteiger partial charge in [0.05, 0.1) is 18.7 Å². The third-order valence-corrected chi connectivity index (χ3v) is 4.28. The van der Waals surface area contributed by atoms with Crippen LogP contribution in [0.3, 0.4) is 0 Å². The quantitative estimate of drug-likeness (QED) is 0.410. The molecule has 1 N–H and O–H groups in total. The van der Waals surface area contributed by atoms with E-state index >= 15 is 0 Å². The zero-order valence-electron chi connectivity index (χ0n) is 14.1. The molecule has 130 valence electrons. The van der Waals surface area contributed by atoms with Crippen molar-refractivity contribution in [3.8, 4) is 17.2 Å². The average Bonchev–Trinajstić information content (AvgIpc) is 2.62. The number of allylic oxidation sites excluding steroid dienone is 2. The van der Waals surface area contributed by atoms with Gasteiger partial charge in [0.1, 0.15) is 17.2 Å². The lowest BCUT2D eigenvalue weighted by atomic mass is 10.0. The molecule has 0 aliphatic carbocycles. The number of carbonyl (C=O) groups excluding carboxylic acids is 1. The van der Waals surface area contributed by atoms with Crippen molar-refractivity contribution in [3.63, 3.8) is 0 Å². The molecule has 0 unspecified atom stereocenters. The number of methoxy groups -OCH3 is 2. The van der Waals surface area contributed by atoms with Crippen LogP contribution < -0.4 is 9.47 Å². The van der Waals surface area contributed by atoms with Crippen LogP contribution in [0.4, 0.5) is 0 Å². The van der Waals surface area contributed by atoms with E-state index in [0.717, 1.165) is 11.3 Å². The Morgan fingerprint density at radius 1 is 1.20 bits per heavy atom. The summed E-state index contributed by atoms with van der Waals surface area (Å²) in [6.45, 7) is 3.72. The van der Waals surface area contributed by atoms with Crippen LogP contribution in [-0.4, -0.2) is 25.1 Å². The molecule has 2 aromatic carbocycles. The van der Waals surface area contributed by atoms with Gasteiger partial charge in [0.25, 0.3) is 0 Å². The molecule has 2 rings (SSSR count). The Balaban J connectivity index is 2.30. The summed E-state index contributed by atoms with van der Waals surface area (Å²) in [4.78, 5) is 12.5. The number of halogens is 1. The maximum absolute atomic E-state index is 12.5. The van der Waals surface area contributed by atoms with Crippen molar-refractivity contribution in [2.24, 2.45) is 0 Å². The lowest BCUT2D eigenvalue weighted by molar-refractivity contribution is 0.104. The fourth-order valence-electron chi connectivity index (χ4n) is 2.37. The van der Waals surface area contributed by atoms with Crippen molar-refractivity contribution < 1.29 is 19.4 Å². The minimum absolute atomic E-state index is 0.0737. The van der Waals surface area contributed by atoms with Crippen LogP contribution in [-0.2, 0) is 6.42 Å². The van der Waals surface area contributed by atoms with Crippen molar-refractivity contribution >= 4 is 27.8 Å². The predicted octanol–water partition coefficient (Wildman–Crippen LogP) is 4.80. The van der Waals surface area contributed by atoms with E-state index < -0.39 is 0 Å². The number of ether oxygens (including phenoxy) is 2. The van der Waals surface area contributed by atoms with Crippen LogP contribution in [0.2, 0.25) is 0 Å². The molecule has 0 fully saturated rings. The average molecular weight is 403 g/mol. The molecular formula is C20H19BrO4. The molecule has 0 aromatic heterocycles.